The molecule has 2 N–H and O–H groups in total. The van der Waals surface area contributed by atoms with E-state index in [4.69, 9.17) is 34.9 Å². The van der Waals surface area contributed by atoms with Crippen LogP contribution in [0.15, 0.2) is 23.2 Å². The van der Waals surface area contributed by atoms with E-state index in [1.165, 1.54) is 6.33 Å². The number of carbonyl (C=O) groups is 3. The number of fused-ring (bicyclic) bond motifs is 1. The fraction of sp³-hybridized carbons (Fsp3) is 0.483. The number of thiol groups is 1. The van der Waals surface area contributed by atoms with Gasteiger partial charge in [-0.1, -0.05) is 5.16 Å². The van der Waals surface area contributed by atoms with E-state index in [9.17, 15) is 9.59 Å². The molecule has 0 atom stereocenters. The summed E-state index contributed by atoms with van der Waals surface area (Å²) >= 11 is 3.03. The van der Waals surface area contributed by atoms with E-state index < -0.39 is 6.09 Å². The summed E-state index contributed by atoms with van der Waals surface area (Å²) in [7, 11) is 4.19. The fourth-order valence-corrected chi connectivity index (χ4v) is 6.16. The summed E-state index contributed by atoms with van der Waals surface area (Å²) in [6.45, 7) is 9.24. The van der Waals surface area contributed by atoms with Crippen molar-refractivity contribution >= 4 is 55.6 Å². The van der Waals surface area contributed by atoms with Gasteiger partial charge in [-0.3, -0.25) is 4.79 Å². The number of amides is 1. The molecule has 234 valence electrons. The standard InChI is InChI=1S/C28H31N9O4.CH2O.BHS/c1-27(2,3)37-25-19(23(29)32-14-33-25)20(34-37)21-18(22(41-35-21)15-4-5-15)24-30-10-17(11-31-24)16-8-28(9-16)12-36(13-28)26(39)40-7-6-38;2*1-2/h6,10-11,14-16H,4-5,7-9,12-13H2,1-3H3,(H2,29,32,33);1H2;2H. The van der Waals surface area contributed by atoms with Crippen LogP contribution in [0.1, 0.15) is 69.6 Å². The van der Waals surface area contributed by atoms with Crippen molar-refractivity contribution < 1.29 is 23.6 Å². The Balaban J connectivity index is 0.000000963. The Morgan fingerprint density at radius 2 is 1.80 bits per heavy atom. The molecule has 2 radical (unpaired) electrons. The molecule has 0 unspecified atom stereocenters. The predicted molar refractivity (Wildman–Crippen MR) is 168 cm³/mol. The van der Waals surface area contributed by atoms with E-state index in [1.807, 2.05) is 44.6 Å². The van der Waals surface area contributed by atoms with Crippen LogP contribution in [0.4, 0.5) is 10.6 Å². The van der Waals surface area contributed by atoms with Crippen LogP contribution in [0.2, 0.25) is 0 Å². The molecule has 1 saturated heterocycles. The van der Waals surface area contributed by atoms with Crippen LogP contribution in [-0.2, 0) is 19.9 Å². The molecule has 3 fully saturated rings. The highest BCUT2D eigenvalue weighted by molar-refractivity contribution is 8.03. The maximum atomic E-state index is 12.0. The van der Waals surface area contributed by atoms with Crippen molar-refractivity contribution in [2.45, 2.75) is 63.8 Å². The number of hydrogen-bond acceptors (Lipinski definition) is 13. The predicted octanol–water partition coefficient (Wildman–Crippen LogP) is 3.48. The number of anilines is 1. The third kappa shape index (κ3) is 5.90. The Hall–Kier alpha value is -4.34. The first-order valence-electron chi connectivity index (χ1n) is 14.4. The Bertz CT molecular complexity index is 1690. The van der Waals surface area contributed by atoms with E-state index in [0.29, 0.717) is 59.4 Å². The zero-order valence-electron chi connectivity index (χ0n) is 25.3. The second-order valence-corrected chi connectivity index (χ2v) is 12.5. The van der Waals surface area contributed by atoms with Crippen LogP contribution in [0.25, 0.3) is 33.8 Å². The summed E-state index contributed by atoms with van der Waals surface area (Å²) < 4.78 is 12.6. The van der Waals surface area contributed by atoms with Gasteiger partial charge in [-0.05, 0) is 57.9 Å². The number of rotatable bonds is 6. The molecule has 1 spiro atoms. The minimum atomic E-state index is -0.428. The van der Waals surface area contributed by atoms with Gasteiger partial charge in [0.15, 0.2) is 30.6 Å². The van der Waals surface area contributed by atoms with Gasteiger partial charge in [-0.2, -0.15) is 5.10 Å². The van der Waals surface area contributed by atoms with Crippen molar-refractivity contribution in [2.24, 2.45) is 5.41 Å². The lowest BCUT2D eigenvalue weighted by Gasteiger charge is -2.58. The number of aromatic nitrogens is 7. The smallest absolute Gasteiger partial charge is 0.410 e. The quantitative estimate of drug-likeness (QED) is 0.180. The summed E-state index contributed by atoms with van der Waals surface area (Å²) in [5, 5.41) is 10.0. The molecule has 2 aliphatic carbocycles. The van der Waals surface area contributed by atoms with Crippen LogP contribution >= 0.6 is 12.5 Å². The van der Waals surface area contributed by atoms with Crippen molar-refractivity contribution in [1.29, 1.82) is 0 Å². The number of nitrogens with two attached hydrogens (primary N) is 1. The topological polar surface area (TPSA) is 185 Å². The van der Waals surface area contributed by atoms with Crippen LogP contribution in [-0.4, -0.2) is 85.8 Å². The second kappa shape index (κ2) is 12.6. The number of likely N-dealkylation sites (tertiary alicyclic amines) is 1. The summed E-state index contributed by atoms with van der Waals surface area (Å²) in [5.74, 6) is 2.21. The molecule has 3 aliphatic rings. The molecule has 4 aromatic rings. The summed E-state index contributed by atoms with van der Waals surface area (Å²) in [4.78, 5) is 50.3. The van der Waals surface area contributed by atoms with Gasteiger partial charge in [-0.25, -0.2) is 41.9 Å². The van der Waals surface area contributed by atoms with Crippen molar-refractivity contribution in [3.63, 3.8) is 0 Å². The second-order valence-electron chi connectivity index (χ2n) is 12.5. The highest BCUT2D eigenvalue weighted by atomic mass is 32.1. The SMILES string of the molecule is C=O.CC(C)(C)n1nc(-c2noc(C3CC3)c2-c2ncc(C3CC4(C3)CN(C(=O)OCC=O)C4)cn2)c2c(N)ncnc21.[B]S. The maximum Gasteiger partial charge on any atom is 0.410 e. The van der Waals surface area contributed by atoms with Gasteiger partial charge in [0.1, 0.15) is 36.9 Å². The lowest BCUT2D eigenvalue weighted by atomic mass is 9.56. The number of ether oxygens (including phenoxy) is 1. The van der Waals surface area contributed by atoms with Crippen molar-refractivity contribution in [3.8, 4) is 22.8 Å². The van der Waals surface area contributed by atoms with E-state index in [-0.39, 0.29) is 23.5 Å². The molecule has 45 heavy (non-hydrogen) atoms. The van der Waals surface area contributed by atoms with Gasteiger partial charge in [-0.15, -0.1) is 0 Å². The third-order valence-electron chi connectivity index (χ3n) is 8.33. The van der Waals surface area contributed by atoms with E-state index in [2.05, 4.69) is 34.7 Å². The average Bonchev–Trinajstić information content (AvgIpc) is 3.62. The van der Waals surface area contributed by atoms with Crippen molar-refractivity contribution in [2.75, 3.05) is 25.4 Å². The molecular formula is C29H34BN9O5S. The monoisotopic (exact) mass is 631 g/mol. The molecule has 0 bridgehead atoms. The van der Waals surface area contributed by atoms with Crippen molar-refractivity contribution in [1.82, 2.24) is 39.8 Å². The maximum absolute atomic E-state index is 12.0. The van der Waals surface area contributed by atoms with Gasteiger partial charge in [0.2, 0.25) is 0 Å². The van der Waals surface area contributed by atoms with Gasteiger partial charge in [0.05, 0.1) is 16.5 Å². The first-order chi connectivity index (χ1) is 21.7. The largest absolute Gasteiger partial charge is 0.442 e. The first-order valence-corrected chi connectivity index (χ1v) is 14.9. The molecule has 7 rings (SSSR count). The summed E-state index contributed by atoms with van der Waals surface area (Å²) in [5.41, 5.74) is 9.60. The van der Waals surface area contributed by atoms with Crippen LogP contribution < -0.4 is 5.73 Å². The summed E-state index contributed by atoms with van der Waals surface area (Å²) in [6, 6.07) is 0. The number of aldehydes is 1. The fourth-order valence-electron chi connectivity index (χ4n) is 6.16. The van der Waals surface area contributed by atoms with E-state index >= 15 is 0 Å². The van der Waals surface area contributed by atoms with Crippen LogP contribution in [0.3, 0.4) is 0 Å². The van der Waals surface area contributed by atoms with Gasteiger partial charge in [0, 0.05) is 36.8 Å². The number of carbonyl (C=O) groups excluding carboxylic acids is 3. The molecule has 2 saturated carbocycles. The zero-order chi connectivity index (χ0) is 32.5. The minimum Gasteiger partial charge on any atom is -0.442 e. The average molecular weight is 632 g/mol. The lowest BCUT2D eigenvalue weighted by molar-refractivity contribution is -0.112. The van der Waals surface area contributed by atoms with Crippen LogP contribution in [0.5, 0.6) is 0 Å². The van der Waals surface area contributed by atoms with E-state index in [0.717, 1.165) is 42.6 Å². The third-order valence-corrected chi connectivity index (χ3v) is 8.33. The Morgan fingerprint density at radius 3 is 2.40 bits per heavy atom. The van der Waals surface area contributed by atoms with Gasteiger partial charge >= 0.3 is 6.09 Å². The Morgan fingerprint density at radius 1 is 1.13 bits per heavy atom. The molecular weight excluding hydrogens is 597 g/mol. The van der Waals surface area contributed by atoms with Crippen molar-refractivity contribution in [3.05, 3.63) is 30.0 Å². The Kier molecular flexibility index (Phi) is 8.96. The highest BCUT2D eigenvalue weighted by Gasteiger charge is 2.54. The summed E-state index contributed by atoms with van der Waals surface area (Å²) in [6.07, 6.45) is 9.30. The molecule has 16 heteroatoms. The van der Waals surface area contributed by atoms with Gasteiger partial charge < -0.3 is 24.7 Å². The molecule has 14 nitrogen and oxygen atoms in total. The zero-order valence-corrected chi connectivity index (χ0v) is 26.2. The lowest BCUT2D eigenvalue weighted by Crippen LogP contribution is -2.63. The normalized spacial score (nSPS) is 16.9. The Labute approximate surface area is 266 Å². The molecule has 4 aromatic heterocycles. The molecule has 5 heterocycles. The number of nitrogen functional groups attached to an aromatic ring is 1. The molecule has 1 aliphatic heterocycles. The number of nitrogens with zero attached hydrogens (tertiary/aromatic N) is 8. The molecule has 0 aromatic carbocycles. The van der Waals surface area contributed by atoms with Gasteiger partial charge in [0.25, 0.3) is 0 Å². The molecule has 1 amide bonds. The van der Waals surface area contributed by atoms with E-state index in [1.54, 1.807) is 4.90 Å². The first kappa shape index (κ1) is 32.1. The minimum absolute atomic E-state index is 0.110. The highest BCUT2D eigenvalue weighted by Crippen LogP contribution is 2.56. The van der Waals surface area contributed by atoms with Crippen LogP contribution in [0, 0.1) is 5.41 Å². The number of hydrogen-bond donors (Lipinski definition) is 2.